The monoisotopic (exact) mass is 537 g/mol. The second kappa shape index (κ2) is 15.1. The van der Waals surface area contributed by atoms with Crippen LogP contribution in [-0.2, 0) is 32.3 Å². The molecule has 0 amide bonds. The summed E-state index contributed by atoms with van der Waals surface area (Å²) >= 11 is 0. The molecule has 0 spiro atoms. The fourth-order valence-corrected chi connectivity index (χ4v) is 5.55. The molecular formula is C31H45N4O4+. The molecular weight excluding hydrogens is 492 g/mol. The van der Waals surface area contributed by atoms with E-state index in [1.807, 2.05) is 60.7 Å². The minimum absolute atomic E-state index is 0.124. The standard InChI is InChI=1S/C31H45N4O4/c1-2-3-15-32-19-21-35(23-31(37)39-25-29-13-8-5-9-14-29)20-10-16-33(27-35)17-18-34(26-32)22-30(36)38-24-28-11-6-4-7-12-28/h4-9,11-14H,2-3,10,15-27H2,1H3/q+1. The van der Waals surface area contributed by atoms with Gasteiger partial charge in [-0.15, -0.1) is 0 Å². The minimum atomic E-state index is -0.184. The third kappa shape index (κ3) is 9.72. The van der Waals surface area contributed by atoms with Gasteiger partial charge in [0.15, 0.2) is 6.54 Å². The molecule has 2 saturated heterocycles. The maximum atomic E-state index is 13.0. The summed E-state index contributed by atoms with van der Waals surface area (Å²) in [5.74, 6) is -0.308. The number of carbonyl (C=O) groups excluding carboxylic acids is 2. The van der Waals surface area contributed by atoms with Gasteiger partial charge in [0.1, 0.15) is 19.9 Å². The van der Waals surface area contributed by atoms with Crippen molar-refractivity contribution in [2.75, 3.05) is 72.2 Å². The van der Waals surface area contributed by atoms with E-state index in [1.54, 1.807) is 0 Å². The summed E-state index contributed by atoms with van der Waals surface area (Å²) in [4.78, 5) is 32.9. The van der Waals surface area contributed by atoms with Crippen LogP contribution in [0.25, 0.3) is 0 Å². The molecule has 0 N–H and O–H groups in total. The predicted octanol–water partition coefficient (Wildman–Crippen LogP) is 3.33. The summed E-state index contributed by atoms with van der Waals surface area (Å²) < 4.78 is 12.1. The highest BCUT2D eigenvalue weighted by Gasteiger charge is 2.37. The summed E-state index contributed by atoms with van der Waals surface area (Å²) in [6.07, 6.45) is 3.28. The highest BCUT2D eigenvalue weighted by molar-refractivity contribution is 5.71. The number of esters is 2. The molecule has 2 aliphatic heterocycles. The van der Waals surface area contributed by atoms with Gasteiger partial charge in [0.05, 0.1) is 26.3 Å². The molecule has 2 unspecified atom stereocenters. The molecule has 2 bridgehead atoms. The van der Waals surface area contributed by atoms with Gasteiger partial charge >= 0.3 is 11.9 Å². The van der Waals surface area contributed by atoms with E-state index in [2.05, 4.69) is 21.6 Å². The molecule has 2 aromatic carbocycles. The van der Waals surface area contributed by atoms with Gasteiger partial charge in [-0.2, -0.15) is 0 Å². The Morgan fingerprint density at radius 3 is 2.13 bits per heavy atom. The third-order valence-corrected chi connectivity index (χ3v) is 7.76. The normalized spacial score (nSPS) is 22.6. The molecule has 2 atom stereocenters. The summed E-state index contributed by atoms with van der Waals surface area (Å²) in [6, 6.07) is 19.7. The number of unbranched alkanes of at least 4 members (excludes halogenated alkanes) is 1. The Hall–Kier alpha value is -2.78. The molecule has 0 aromatic heterocycles. The van der Waals surface area contributed by atoms with Crippen LogP contribution in [0.3, 0.4) is 0 Å². The van der Waals surface area contributed by atoms with Gasteiger partial charge < -0.3 is 14.0 Å². The lowest BCUT2D eigenvalue weighted by Gasteiger charge is -2.47. The van der Waals surface area contributed by atoms with E-state index >= 15 is 0 Å². The second-order valence-corrected chi connectivity index (χ2v) is 11.0. The Bertz CT molecular complexity index is 1020. The largest absolute Gasteiger partial charge is 0.460 e. The van der Waals surface area contributed by atoms with Crippen molar-refractivity contribution in [2.45, 2.75) is 39.4 Å². The van der Waals surface area contributed by atoms with Gasteiger partial charge in [-0.3, -0.25) is 19.5 Å². The molecule has 8 heteroatoms. The van der Waals surface area contributed by atoms with E-state index in [0.29, 0.717) is 19.8 Å². The van der Waals surface area contributed by atoms with Crippen LogP contribution < -0.4 is 0 Å². The smallest absolute Gasteiger partial charge is 0.362 e. The SMILES string of the molecule is CCCCN1CC[N+]2(CC(=O)OCc3ccccc3)CCCN(CCN(CC(=O)OCc3ccccc3)C1)C2. The van der Waals surface area contributed by atoms with Crippen LogP contribution in [0.5, 0.6) is 0 Å². The van der Waals surface area contributed by atoms with Crippen molar-refractivity contribution in [1.29, 1.82) is 0 Å². The molecule has 8 nitrogen and oxygen atoms in total. The van der Waals surface area contributed by atoms with Gasteiger partial charge in [0.2, 0.25) is 0 Å². The first-order valence-electron chi connectivity index (χ1n) is 14.4. The van der Waals surface area contributed by atoms with Crippen LogP contribution in [0.1, 0.15) is 37.3 Å². The van der Waals surface area contributed by atoms with Crippen molar-refractivity contribution in [1.82, 2.24) is 14.7 Å². The lowest BCUT2D eigenvalue weighted by atomic mass is 10.2. The Morgan fingerprint density at radius 1 is 0.795 bits per heavy atom. The van der Waals surface area contributed by atoms with E-state index in [-0.39, 0.29) is 18.5 Å². The zero-order chi connectivity index (χ0) is 27.3. The Balaban J connectivity index is 1.36. The van der Waals surface area contributed by atoms with Gasteiger partial charge in [0.25, 0.3) is 0 Å². The summed E-state index contributed by atoms with van der Waals surface area (Å²) in [5.41, 5.74) is 2.02. The predicted molar refractivity (Wildman–Crippen MR) is 151 cm³/mol. The molecule has 0 radical (unpaired) electrons. The van der Waals surface area contributed by atoms with Crippen LogP contribution >= 0.6 is 0 Å². The van der Waals surface area contributed by atoms with Crippen molar-refractivity contribution >= 4 is 11.9 Å². The Morgan fingerprint density at radius 2 is 1.46 bits per heavy atom. The maximum Gasteiger partial charge on any atom is 0.362 e. The van der Waals surface area contributed by atoms with Crippen LogP contribution in [-0.4, -0.2) is 103 Å². The van der Waals surface area contributed by atoms with E-state index in [4.69, 9.17) is 9.47 Å². The van der Waals surface area contributed by atoms with Gasteiger partial charge in [0, 0.05) is 32.6 Å². The van der Waals surface area contributed by atoms with Gasteiger partial charge in [-0.25, -0.2) is 4.79 Å². The third-order valence-electron chi connectivity index (χ3n) is 7.76. The maximum absolute atomic E-state index is 13.0. The van der Waals surface area contributed by atoms with E-state index in [0.717, 1.165) is 94.0 Å². The Labute approximate surface area is 233 Å². The quantitative estimate of drug-likeness (QED) is 0.322. The van der Waals surface area contributed by atoms with Crippen molar-refractivity contribution in [3.8, 4) is 0 Å². The average Bonchev–Trinajstić information content (AvgIpc) is 2.96. The first kappa shape index (κ1) is 29.2. The number of hydrogen-bond donors (Lipinski definition) is 0. The molecule has 2 aromatic rings. The summed E-state index contributed by atoms with van der Waals surface area (Å²) in [5, 5.41) is 0. The number of hydrogen-bond acceptors (Lipinski definition) is 7. The number of carbonyl (C=O) groups is 2. The number of rotatable bonds is 11. The Kier molecular flexibility index (Phi) is 11.3. The topological polar surface area (TPSA) is 62.3 Å². The van der Waals surface area contributed by atoms with Gasteiger partial charge in [-0.1, -0.05) is 74.0 Å². The number of nitrogens with zero attached hydrogens (tertiary/aromatic N) is 4. The van der Waals surface area contributed by atoms with E-state index < -0.39 is 0 Å². The lowest BCUT2D eigenvalue weighted by Crippen LogP contribution is -2.64. The lowest BCUT2D eigenvalue weighted by molar-refractivity contribution is -0.935. The molecule has 4 rings (SSSR count). The zero-order valence-corrected chi connectivity index (χ0v) is 23.5. The van der Waals surface area contributed by atoms with Crippen LogP contribution in [0.15, 0.2) is 60.7 Å². The fraction of sp³-hybridized carbons (Fsp3) is 0.548. The first-order valence-corrected chi connectivity index (χ1v) is 14.4. The molecule has 2 aliphatic rings. The van der Waals surface area contributed by atoms with E-state index in [1.165, 1.54) is 0 Å². The van der Waals surface area contributed by atoms with Crippen molar-refractivity contribution in [2.24, 2.45) is 0 Å². The second-order valence-electron chi connectivity index (χ2n) is 11.0. The van der Waals surface area contributed by atoms with Crippen molar-refractivity contribution < 1.29 is 23.5 Å². The van der Waals surface area contributed by atoms with Crippen LogP contribution in [0.4, 0.5) is 0 Å². The van der Waals surface area contributed by atoms with Crippen LogP contribution in [0, 0.1) is 0 Å². The fourth-order valence-electron chi connectivity index (χ4n) is 5.55. The molecule has 212 valence electrons. The molecule has 39 heavy (non-hydrogen) atoms. The highest BCUT2D eigenvalue weighted by atomic mass is 16.5. The number of benzene rings is 2. The number of fused-ring (bicyclic) bond motifs is 2. The van der Waals surface area contributed by atoms with E-state index in [9.17, 15) is 9.59 Å². The number of ether oxygens (including phenoxy) is 2. The number of quaternary nitrogens is 1. The summed E-state index contributed by atoms with van der Waals surface area (Å²) in [7, 11) is 0. The van der Waals surface area contributed by atoms with Crippen molar-refractivity contribution in [3.05, 3.63) is 71.8 Å². The first-order chi connectivity index (χ1) is 19.0. The minimum Gasteiger partial charge on any atom is -0.460 e. The molecule has 0 aliphatic carbocycles. The molecule has 2 heterocycles. The van der Waals surface area contributed by atoms with Crippen LogP contribution in [0.2, 0.25) is 0 Å². The van der Waals surface area contributed by atoms with Gasteiger partial charge in [-0.05, 0) is 24.1 Å². The summed E-state index contributed by atoms with van der Waals surface area (Å²) in [6.45, 7) is 11.5. The van der Waals surface area contributed by atoms with Crippen molar-refractivity contribution in [3.63, 3.8) is 0 Å². The highest BCUT2D eigenvalue weighted by Crippen LogP contribution is 2.19. The molecule has 2 fully saturated rings. The molecule has 0 saturated carbocycles. The zero-order valence-electron chi connectivity index (χ0n) is 23.5. The average molecular weight is 538 g/mol.